The van der Waals surface area contributed by atoms with Gasteiger partial charge in [0.2, 0.25) is 6.10 Å². The van der Waals surface area contributed by atoms with Gasteiger partial charge in [-0.25, -0.2) is 0 Å². The summed E-state index contributed by atoms with van der Waals surface area (Å²) in [5.41, 5.74) is 2.44. The Hall–Kier alpha value is -1.22. The topological polar surface area (TPSA) is 21.6 Å². The highest BCUT2D eigenvalue weighted by Gasteiger charge is 2.24. The molecule has 1 unspecified atom stereocenters. The van der Waals surface area contributed by atoms with E-state index in [0.717, 1.165) is 24.0 Å². The summed E-state index contributed by atoms with van der Waals surface area (Å²) < 4.78 is 6.07. The number of allylic oxidation sites excluding steroid dienone is 1. The van der Waals surface area contributed by atoms with Crippen LogP contribution in [-0.4, -0.2) is 17.3 Å². The highest BCUT2D eigenvalue weighted by molar-refractivity contribution is 8.00. The second kappa shape index (κ2) is 6.80. The largest absolute Gasteiger partial charge is 0.475 e. The Labute approximate surface area is 120 Å². The standard InChI is InChI=1S/C16H20NOS/c1-4-11-19-16-15(9-6-10-17-16)18-14-8-5-7-12(2)13(14)3/h5-10,16H,4,11H2,1-3H3. The predicted molar refractivity (Wildman–Crippen MR) is 84.0 cm³/mol. The number of aliphatic imine (C=N–C) groups is 1. The van der Waals surface area contributed by atoms with Crippen LogP contribution in [0.4, 0.5) is 0 Å². The van der Waals surface area contributed by atoms with Crippen LogP contribution < -0.4 is 4.74 Å². The molecule has 0 saturated carbocycles. The maximum absolute atomic E-state index is 6.07. The predicted octanol–water partition coefficient (Wildman–Crippen LogP) is 4.32. The van der Waals surface area contributed by atoms with Crippen molar-refractivity contribution in [3.8, 4) is 5.75 Å². The number of thioether (sulfide) groups is 1. The van der Waals surface area contributed by atoms with Gasteiger partial charge in [-0.15, -0.1) is 11.8 Å². The van der Waals surface area contributed by atoms with Gasteiger partial charge in [-0.3, -0.25) is 4.99 Å². The normalized spacial score (nSPS) is 18.8. The van der Waals surface area contributed by atoms with Crippen molar-refractivity contribution in [1.29, 1.82) is 0 Å². The molecule has 3 heteroatoms. The molecule has 1 radical (unpaired) electrons. The third-order valence-corrected chi connectivity index (χ3v) is 4.39. The van der Waals surface area contributed by atoms with Gasteiger partial charge in [-0.1, -0.05) is 19.1 Å². The van der Waals surface area contributed by atoms with Crippen molar-refractivity contribution >= 4 is 18.0 Å². The van der Waals surface area contributed by atoms with Crippen LogP contribution in [0.2, 0.25) is 0 Å². The van der Waals surface area contributed by atoms with Gasteiger partial charge in [-0.05, 0) is 55.4 Å². The molecular weight excluding hydrogens is 254 g/mol. The Morgan fingerprint density at radius 3 is 2.95 bits per heavy atom. The van der Waals surface area contributed by atoms with E-state index < -0.39 is 0 Å². The van der Waals surface area contributed by atoms with Crippen molar-refractivity contribution in [1.82, 2.24) is 0 Å². The fourth-order valence-electron chi connectivity index (χ4n) is 1.82. The fourth-order valence-corrected chi connectivity index (χ4v) is 2.73. The van der Waals surface area contributed by atoms with Gasteiger partial charge >= 0.3 is 0 Å². The van der Waals surface area contributed by atoms with Gasteiger partial charge in [0.25, 0.3) is 0 Å². The molecule has 0 bridgehead atoms. The first-order valence-electron chi connectivity index (χ1n) is 6.64. The van der Waals surface area contributed by atoms with Crippen LogP contribution in [0.25, 0.3) is 0 Å². The fraction of sp³-hybridized carbons (Fsp3) is 0.375. The average Bonchev–Trinajstić information content (AvgIpc) is 2.43. The molecule has 101 valence electrons. The molecule has 0 amide bonds. The van der Waals surface area contributed by atoms with Crippen LogP contribution in [0.15, 0.2) is 35.3 Å². The third-order valence-electron chi connectivity index (χ3n) is 3.07. The van der Waals surface area contributed by atoms with Gasteiger partial charge in [0.1, 0.15) is 11.1 Å². The summed E-state index contributed by atoms with van der Waals surface area (Å²) in [6, 6.07) is 6.15. The molecule has 1 aliphatic heterocycles. The van der Waals surface area contributed by atoms with Gasteiger partial charge in [0, 0.05) is 6.21 Å². The monoisotopic (exact) mass is 274 g/mol. The Bertz CT molecular complexity index is 482. The van der Waals surface area contributed by atoms with Crippen molar-refractivity contribution in [2.75, 3.05) is 5.75 Å². The van der Waals surface area contributed by atoms with Crippen LogP contribution in [-0.2, 0) is 0 Å². The lowest BCUT2D eigenvalue weighted by Gasteiger charge is -2.23. The van der Waals surface area contributed by atoms with Crippen LogP contribution in [0.5, 0.6) is 5.75 Å². The van der Waals surface area contributed by atoms with Crippen molar-refractivity contribution in [3.05, 3.63) is 47.6 Å². The average molecular weight is 274 g/mol. The Balaban J connectivity index is 2.09. The minimum atomic E-state index is 0.0878. The molecule has 1 heterocycles. The number of dihydropyridines is 1. The van der Waals surface area contributed by atoms with E-state index >= 15 is 0 Å². The molecule has 0 aliphatic carbocycles. The zero-order valence-corrected chi connectivity index (χ0v) is 12.5. The molecule has 0 aromatic heterocycles. The molecule has 1 aromatic rings. The van der Waals surface area contributed by atoms with Crippen molar-refractivity contribution in [2.45, 2.75) is 32.6 Å². The van der Waals surface area contributed by atoms with Crippen LogP contribution in [0.1, 0.15) is 24.5 Å². The maximum atomic E-state index is 6.07. The van der Waals surface area contributed by atoms with E-state index in [1.54, 1.807) is 0 Å². The van der Waals surface area contributed by atoms with Crippen LogP contribution in [0.3, 0.4) is 0 Å². The quantitative estimate of drug-likeness (QED) is 0.797. The molecule has 0 N–H and O–H groups in total. The Morgan fingerprint density at radius 1 is 1.32 bits per heavy atom. The third kappa shape index (κ3) is 3.63. The first-order valence-corrected chi connectivity index (χ1v) is 7.69. The van der Waals surface area contributed by atoms with Gasteiger partial charge in [0.05, 0.1) is 0 Å². The summed E-state index contributed by atoms with van der Waals surface area (Å²) in [5.74, 6) is 2.02. The van der Waals surface area contributed by atoms with Crippen molar-refractivity contribution in [3.63, 3.8) is 0 Å². The van der Waals surface area contributed by atoms with E-state index in [-0.39, 0.29) is 5.37 Å². The lowest BCUT2D eigenvalue weighted by Crippen LogP contribution is -2.20. The number of nitrogens with zero attached hydrogens (tertiary/aromatic N) is 1. The van der Waals surface area contributed by atoms with E-state index in [1.165, 1.54) is 11.1 Å². The SMILES string of the molecule is CCCSC1N=CC=C[C]1Oc1cccc(C)c1C. The zero-order valence-electron chi connectivity index (χ0n) is 11.7. The Morgan fingerprint density at radius 2 is 2.16 bits per heavy atom. The first-order chi connectivity index (χ1) is 9.22. The zero-order chi connectivity index (χ0) is 13.7. The number of rotatable bonds is 5. The number of ether oxygens (including phenoxy) is 1. The maximum Gasteiger partial charge on any atom is 0.205 e. The van der Waals surface area contributed by atoms with Gasteiger partial charge < -0.3 is 4.74 Å². The molecule has 0 fully saturated rings. The van der Waals surface area contributed by atoms with E-state index in [0.29, 0.717) is 0 Å². The first kappa shape index (κ1) is 14.2. The van der Waals surface area contributed by atoms with E-state index in [9.17, 15) is 0 Å². The lowest BCUT2D eigenvalue weighted by molar-refractivity contribution is 0.344. The summed E-state index contributed by atoms with van der Waals surface area (Å²) in [6.07, 6.45) is 7.88. The summed E-state index contributed by atoms with van der Waals surface area (Å²) in [5, 5.41) is 0.0878. The van der Waals surface area contributed by atoms with Crippen molar-refractivity contribution in [2.24, 2.45) is 4.99 Å². The van der Waals surface area contributed by atoms with Gasteiger partial charge in [-0.2, -0.15) is 0 Å². The van der Waals surface area contributed by atoms with E-state index in [4.69, 9.17) is 4.74 Å². The number of aryl methyl sites for hydroxylation is 1. The molecule has 1 atom stereocenters. The molecule has 1 aliphatic rings. The van der Waals surface area contributed by atoms with Crippen molar-refractivity contribution < 1.29 is 4.74 Å². The number of hydrogen-bond acceptors (Lipinski definition) is 3. The summed E-state index contributed by atoms with van der Waals surface area (Å²) in [7, 11) is 0. The molecule has 0 saturated heterocycles. The highest BCUT2D eigenvalue weighted by atomic mass is 32.2. The highest BCUT2D eigenvalue weighted by Crippen LogP contribution is 2.31. The molecular formula is C16H20NOS. The van der Waals surface area contributed by atoms with E-state index in [2.05, 4.69) is 31.8 Å². The number of benzene rings is 1. The minimum Gasteiger partial charge on any atom is -0.475 e. The summed E-state index contributed by atoms with van der Waals surface area (Å²) in [4.78, 5) is 4.49. The molecule has 19 heavy (non-hydrogen) atoms. The molecule has 0 spiro atoms. The van der Waals surface area contributed by atoms with Crippen LogP contribution >= 0.6 is 11.8 Å². The smallest absolute Gasteiger partial charge is 0.205 e. The number of hydrogen-bond donors (Lipinski definition) is 0. The van der Waals surface area contributed by atoms with E-state index in [1.807, 2.05) is 42.3 Å². The lowest BCUT2D eigenvalue weighted by atomic mass is 10.1. The summed E-state index contributed by atoms with van der Waals surface area (Å²) in [6.45, 7) is 6.38. The molecule has 1 aromatic carbocycles. The minimum absolute atomic E-state index is 0.0878. The Kier molecular flexibility index (Phi) is 5.08. The second-order valence-electron chi connectivity index (χ2n) is 4.58. The second-order valence-corrected chi connectivity index (χ2v) is 5.77. The summed E-state index contributed by atoms with van der Waals surface area (Å²) >= 11 is 1.82. The molecule has 2 nitrogen and oxygen atoms in total. The molecule has 2 rings (SSSR count). The van der Waals surface area contributed by atoms with Gasteiger partial charge in [0.15, 0.2) is 0 Å². The van der Waals surface area contributed by atoms with Crippen LogP contribution in [0, 0.1) is 20.0 Å².